The normalized spacial score (nSPS) is 14.2. The molecule has 0 unspecified atom stereocenters. The molecular formula is C19H22BrN5O2. The Labute approximate surface area is 166 Å². The number of amides is 2. The van der Waals surface area contributed by atoms with E-state index >= 15 is 0 Å². The summed E-state index contributed by atoms with van der Waals surface area (Å²) in [6.45, 7) is 2.69. The zero-order valence-electron chi connectivity index (χ0n) is 15.4. The average Bonchev–Trinajstić information content (AvgIpc) is 2.67. The van der Waals surface area contributed by atoms with Gasteiger partial charge in [-0.2, -0.15) is 0 Å². The fourth-order valence-electron chi connectivity index (χ4n) is 3.12. The number of primary amides is 1. The lowest BCUT2D eigenvalue weighted by molar-refractivity contribution is 0.0746. The minimum absolute atomic E-state index is 0.0174. The fourth-order valence-corrected chi connectivity index (χ4v) is 3.45. The van der Waals surface area contributed by atoms with Crippen LogP contribution in [0.25, 0.3) is 0 Å². The molecule has 2 heterocycles. The summed E-state index contributed by atoms with van der Waals surface area (Å²) in [7, 11) is 3.75. The van der Waals surface area contributed by atoms with Gasteiger partial charge in [0.1, 0.15) is 5.82 Å². The molecule has 3 rings (SSSR count). The first-order chi connectivity index (χ1) is 12.9. The van der Waals surface area contributed by atoms with Crippen LogP contribution in [-0.2, 0) is 0 Å². The van der Waals surface area contributed by atoms with Gasteiger partial charge in [0.25, 0.3) is 5.91 Å². The van der Waals surface area contributed by atoms with Gasteiger partial charge in [-0.25, -0.2) is 4.98 Å². The van der Waals surface area contributed by atoms with Crippen molar-refractivity contribution in [3.8, 4) is 0 Å². The lowest BCUT2D eigenvalue weighted by Gasteiger charge is -2.36. The summed E-state index contributed by atoms with van der Waals surface area (Å²) in [5.41, 5.74) is 7.39. The van der Waals surface area contributed by atoms with E-state index in [4.69, 9.17) is 5.73 Å². The number of pyridine rings is 1. The van der Waals surface area contributed by atoms with E-state index in [0.29, 0.717) is 30.0 Å². The van der Waals surface area contributed by atoms with Crippen LogP contribution in [0.1, 0.15) is 20.7 Å². The summed E-state index contributed by atoms with van der Waals surface area (Å²) in [6.07, 6.45) is 1.69. The minimum Gasteiger partial charge on any atom is -0.368 e. The van der Waals surface area contributed by atoms with Crippen LogP contribution in [0.4, 0.5) is 11.5 Å². The van der Waals surface area contributed by atoms with Crippen LogP contribution in [0.2, 0.25) is 0 Å². The molecule has 0 spiro atoms. The molecule has 0 radical (unpaired) electrons. The third-order valence-electron chi connectivity index (χ3n) is 4.57. The first kappa shape index (κ1) is 19.2. The number of nitrogens with zero attached hydrogens (tertiary/aromatic N) is 4. The summed E-state index contributed by atoms with van der Waals surface area (Å²) in [5, 5.41) is 0. The third-order valence-corrected chi connectivity index (χ3v) is 5.00. The number of carbonyl (C=O) groups is 2. The molecule has 27 heavy (non-hydrogen) atoms. The number of nitrogens with two attached hydrogens (primary N) is 1. The van der Waals surface area contributed by atoms with E-state index in [-0.39, 0.29) is 5.91 Å². The van der Waals surface area contributed by atoms with Crippen molar-refractivity contribution in [3.05, 3.63) is 52.1 Å². The Hall–Kier alpha value is -2.61. The molecule has 8 heteroatoms. The molecule has 1 aromatic heterocycles. The van der Waals surface area contributed by atoms with Crippen molar-refractivity contribution in [1.82, 2.24) is 9.88 Å². The Kier molecular flexibility index (Phi) is 5.65. The first-order valence-electron chi connectivity index (χ1n) is 8.64. The molecule has 1 aromatic carbocycles. The summed E-state index contributed by atoms with van der Waals surface area (Å²) < 4.78 is 0.782. The smallest absolute Gasteiger partial charge is 0.257 e. The predicted octanol–water partition coefficient (Wildman–Crippen LogP) is 1.97. The molecule has 0 atom stereocenters. The van der Waals surface area contributed by atoms with E-state index in [1.54, 1.807) is 18.3 Å². The van der Waals surface area contributed by atoms with Crippen LogP contribution < -0.4 is 15.5 Å². The molecule has 7 nitrogen and oxygen atoms in total. The Bertz CT molecular complexity index is 846. The molecule has 0 saturated carbocycles. The summed E-state index contributed by atoms with van der Waals surface area (Å²) >= 11 is 3.40. The molecule has 1 aliphatic rings. The van der Waals surface area contributed by atoms with Gasteiger partial charge in [-0.1, -0.05) is 0 Å². The van der Waals surface area contributed by atoms with Crippen molar-refractivity contribution in [2.75, 3.05) is 50.1 Å². The second-order valence-electron chi connectivity index (χ2n) is 6.61. The van der Waals surface area contributed by atoms with Crippen molar-refractivity contribution < 1.29 is 9.59 Å². The molecule has 142 valence electrons. The fraction of sp³-hybridized carbons (Fsp3) is 0.316. The molecule has 1 saturated heterocycles. The van der Waals surface area contributed by atoms with Crippen molar-refractivity contribution in [2.45, 2.75) is 0 Å². The number of piperazine rings is 1. The maximum Gasteiger partial charge on any atom is 0.257 e. The lowest BCUT2D eigenvalue weighted by atomic mass is 10.1. The molecule has 1 fully saturated rings. The van der Waals surface area contributed by atoms with Gasteiger partial charge >= 0.3 is 0 Å². The number of aromatic nitrogens is 1. The maximum atomic E-state index is 13.0. The Morgan fingerprint density at radius 2 is 1.74 bits per heavy atom. The number of carbonyl (C=O) groups excluding carboxylic acids is 2. The predicted molar refractivity (Wildman–Crippen MR) is 109 cm³/mol. The Morgan fingerprint density at radius 3 is 2.30 bits per heavy atom. The highest BCUT2D eigenvalue weighted by atomic mass is 79.9. The largest absolute Gasteiger partial charge is 0.368 e. The van der Waals surface area contributed by atoms with Crippen molar-refractivity contribution in [2.24, 2.45) is 5.73 Å². The van der Waals surface area contributed by atoms with E-state index in [2.05, 4.69) is 25.8 Å². The van der Waals surface area contributed by atoms with Gasteiger partial charge in [0.2, 0.25) is 5.91 Å². The molecule has 2 N–H and O–H groups in total. The topological polar surface area (TPSA) is 82.8 Å². The summed E-state index contributed by atoms with van der Waals surface area (Å²) in [6, 6.07) is 9.05. The van der Waals surface area contributed by atoms with Crippen molar-refractivity contribution >= 4 is 39.2 Å². The van der Waals surface area contributed by atoms with Gasteiger partial charge in [0, 0.05) is 62.2 Å². The van der Waals surface area contributed by atoms with Crippen LogP contribution in [0.5, 0.6) is 0 Å². The lowest BCUT2D eigenvalue weighted by Crippen LogP contribution is -2.49. The number of rotatable bonds is 4. The van der Waals surface area contributed by atoms with Gasteiger partial charge in [-0.15, -0.1) is 0 Å². The first-order valence-corrected chi connectivity index (χ1v) is 9.43. The van der Waals surface area contributed by atoms with Gasteiger partial charge in [0.05, 0.1) is 5.56 Å². The Balaban J connectivity index is 1.69. The standard InChI is InChI=1S/C19H22BrN5O2/c1-23(2)18-16(11-14(20)12-22-18)19(27)25-9-7-24(8-10-25)15-5-3-13(4-6-15)17(21)26/h3-6,11-12H,7-10H2,1-2H3,(H2,21,26). The van der Waals surface area contributed by atoms with Gasteiger partial charge in [-0.3, -0.25) is 9.59 Å². The SMILES string of the molecule is CN(C)c1ncc(Br)cc1C(=O)N1CCN(c2ccc(C(N)=O)cc2)CC1. The van der Waals surface area contributed by atoms with E-state index in [9.17, 15) is 9.59 Å². The quantitative estimate of drug-likeness (QED) is 0.799. The van der Waals surface area contributed by atoms with Gasteiger partial charge < -0.3 is 20.4 Å². The molecular weight excluding hydrogens is 410 g/mol. The summed E-state index contributed by atoms with van der Waals surface area (Å²) in [5.74, 6) is 0.209. The van der Waals surface area contributed by atoms with E-state index in [1.807, 2.05) is 42.1 Å². The van der Waals surface area contributed by atoms with Crippen LogP contribution in [0.3, 0.4) is 0 Å². The minimum atomic E-state index is -0.434. The van der Waals surface area contributed by atoms with E-state index in [0.717, 1.165) is 23.2 Å². The second kappa shape index (κ2) is 7.96. The van der Waals surface area contributed by atoms with Crippen molar-refractivity contribution in [3.63, 3.8) is 0 Å². The van der Waals surface area contributed by atoms with Crippen LogP contribution in [0.15, 0.2) is 41.0 Å². The van der Waals surface area contributed by atoms with E-state index < -0.39 is 5.91 Å². The zero-order valence-corrected chi connectivity index (χ0v) is 16.9. The highest BCUT2D eigenvalue weighted by Crippen LogP contribution is 2.23. The molecule has 1 aliphatic heterocycles. The number of hydrogen-bond donors (Lipinski definition) is 1. The van der Waals surface area contributed by atoms with Crippen LogP contribution >= 0.6 is 15.9 Å². The zero-order chi connectivity index (χ0) is 19.6. The molecule has 2 amide bonds. The second-order valence-corrected chi connectivity index (χ2v) is 7.53. The summed E-state index contributed by atoms with van der Waals surface area (Å²) in [4.78, 5) is 34.5. The average molecular weight is 432 g/mol. The number of hydrogen-bond acceptors (Lipinski definition) is 5. The third kappa shape index (κ3) is 4.21. The number of benzene rings is 1. The highest BCUT2D eigenvalue weighted by molar-refractivity contribution is 9.10. The van der Waals surface area contributed by atoms with Crippen LogP contribution in [-0.4, -0.2) is 62.0 Å². The van der Waals surface area contributed by atoms with Gasteiger partial charge in [0.15, 0.2) is 0 Å². The van der Waals surface area contributed by atoms with Crippen molar-refractivity contribution in [1.29, 1.82) is 0 Å². The molecule has 2 aromatic rings. The number of anilines is 2. The molecule has 0 bridgehead atoms. The highest BCUT2D eigenvalue weighted by Gasteiger charge is 2.25. The number of halogens is 1. The van der Waals surface area contributed by atoms with E-state index in [1.165, 1.54) is 0 Å². The van der Waals surface area contributed by atoms with Gasteiger partial charge in [-0.05, 0) is 46.3 Å². The molecule has 0 aliphatic carbocycles. The monoisotopic (exact) mass is 431 g/mol. The maximum absolute atomic E-state index is 13.0. The Morgan fingerprint density at radius 1 is 1.11 bits per heavy atom. The van der Waals surface area contributed by atoms with Crippen LogP contribution in [0, 0.1) is 0 Å².